The highest BCUT2D eigenvalue weighted by Gasteiger charge is 2.52. The fraction of sp³-hybridized carbons (Fsp3) is 0.824. The first-order valence-electron chi connectivity index (χ1n) is 8.64. The van der Waals surface area contributed by atoms with E-state index in [1.54, 1.807) is 6.92 Å². The molecule has 4 unspecified atom stereocenters. The Bertz CT molecular complexity index is 452. The van der Waals surface area contributed by atoms with Crippen molar-refractivity contribution in [2.45, 2.75) is 71.8 Å². The van der Waals surface area contributed by atoms with Crippen LogP contribution >= 0.6 is 0 Å². The number of imide groups is 1. The Morgan fingerprint density at radius 3 is 2.30 bits per heavy atom. The summed E-state index contributed by atoms with van der Waals surface area (Å²) >= 11 is 0. The maximum atomic E-state index is 12.5. The molecule has 1 aliphatic heterocycles. The molecule has 0 saturated carbocycles. The van der Waals surface area contributed by atoms with Crippen molar-refractivity contribution >= 4 is 17.9 Å². The van der Waals surface area contributed by atoms with E-state index in [9.17, 15) is 14.4 Å². The van der Waals surface area contributed by atoms with Crippen LogP contribution in [0.2, 0.25) is 0 Å². The Hall–Kier alpha value is -1.59. The highest BCUT2D eigenvalue weighted by Crippen LogP contribution is 2.38. The van der Waals surface area contributed by atoms with Crippen molar-refractivity contribution in [1.82, 2.24) is 10.6 Å². The third-order valence-corrected chi connectivity index (χ3v) is 4.96. The summed E-state index contributed by atoms with van der Waals surface area (Å²) in [7, 11) is 0. The zero-order chi connectivity index (χ0) is 17.6. The number of hydrogen-bond acceptors (Lipinski definition) is 3. The lowest BCUT2D eigenvalue weighted by Gasteiger charge is -2.39. The molecule has 132 valence electrons. The Labute approximate surface area is 138 Å². The van der Waals surface area contributed by atoms with Crippen molar-refractivity contribution in [3.8, 4) is 0 Å². The Morgan fingerprint density at radius 1 is 1.22 bits per heavy atom. The van der Waals surface area contributed by atoms with E-state index in [0.717, 1.165) is 25.7 Å². The summed E-state index contributed by atoms with van der Waals surface area (Å²) in [4.78, 5) is 35.5. The van der Waals surface area contributed by atoms with Crippen LogP contribution in [0.1, 0.15) is 66.2 Å². The van der Waals surface area contributed by atoms with Gasteiger partial charge in [0.2, 0.25) is 0 Å². The van der Waals surface area contributed by atoms with Crippen LogP contribution in [0.15, 0.2) is 0 Å². The van der Waals surface area contributed by atoms with Crippen LogP contribution in [0.3, 0.4) is 0 Å². The van der Waals surface area contributed by atoms with Crippen molar-refractivity contribution in [3.05, 3.63) is 0 Å². The molecule has 1 fully saturated rings. The fourth-order valence-electron chi connectivity index (χ4n) is 3.73. The third kappa shape index (κ3) is 4.45. The van der Waals surface area contributed by atoms with Crippen LogP contribution in [0.4, 0.5) is 4.79 Å². The van der Waals surface area contributed by atoms with Gasteiger partial charge in [-0.25, -0.2) is 4.79 Å². The maximum absolute atomic E-state index is 12.5. The molecule has 1 heterocycles. The molecule has 0 aromatic carbocycles. The number of nitrogens with one attached hydrogen (secondary N) is 2. The summed E-state index contributed by atoms with van der Waals surface area (Å²) < 4.78 is 0. The lowest BCUT2D eigenvalue weighted by atomic mass is 9.69. The van der Waals surface area contributed by atoms with Gasteiger partial charge in [-0.15, -0.1) is 0 Å². The Kier molecular flexibility index (Phi) is 7.03. The van der Waals surface area contributed by atoms with Gasteiger partial charge in [0, 0.05) is 0 Å². The molecule has 0 aliphatic carbocycles. The van der Waals surface area contributed by atoms with Gasteiger partial charge in [-0.2, -0.15) is 0 Å². The quantitative estimate of drug-likeness (QED) is 0.538. The number of unbranched alkanes of at least 4 members (excludes halogenated alkanes) is 1. The summed E-state index contributed by atoms with van der Waals surface area (Å²) in [6, 6.07) is -0.439. The molecule has 0 spiro atoms. The van der Waals surface area contributed by atoms with Crippen LogP contribution in [0.5, 0.6) is 0 Å². The second-order valence-electron chi connectivity index (χ2n) is 6.83. The van der Waals surface area contributed by atoms with Gasteiger partial charge in [-0.05, 0) is 31.1 Å². The van der Waals surface area contributed by atoms with E-state index < -0.39 is 23.5 Å². The minimum absolute atomic E-state index is 0.0297. The molecule has 1 saturated heterocycles. The average Bonchev–Trinajstić information content (AvgIpc) is 2.77. The van der Waals surface area contributed by atoms with Crippen LogP contribution in [-0.4, -0.2) is 28.6 Å². The SMILES string of the molecule is CCCCC1(C(CCC)C(C)CC(C)C(=O)O)NC(=O)NC1=O. The lowest BCUT2D eigenvalue weighted by molar-refractivity contribution is -0.141. The molecule has 23 heavy (non-hydrogen) atoms. The number of amides is 3. The normalized spacial score (nSPS) is 24.7. The van der Waals surface area contributed by atoms with E-state index >= 15 is 0 Å². The van der Waals surface area contributed by atoms with E-state index in [1.165, 1.54) is 0 Å². The monoisotopic (exact) mass is 326 g/mol. The van der Waals surface area contributed by atoms with Crippen LogP contribution in [-0.2, 0) is 9.59 Å². The molecule has 3 N–H and O–H groups in total. The number of carbonyl (C=O) groups excluding carboxylic acids is 2. The van der Waals surface area contributed by atoms with Crippen LogP contribution in [0.25, 0.3) is 0 Å². The zero-order valence-corrected chi connectivity index (χ0v) is 14.6. The van der Waals surface area contributed by atoms with Gasteiger partial charge < -0.3 is 10.4 Å². The molecule has 6 heteroatoms. The molecule has 0 bridgehead atoms. The van der Waals surface area contributed by atoms with Gasteiger partial charge in [0.05, 0.1) is 5.92 Å². The van der Waals surface area contributed by atoms with Crippen molar-refractivity contribution in [2.75, 3.05) is 0 Å². The van der Waals surface area contributed by atoms with E-state index in [1.807, 2.05) is 20.8 Å². The third-order valence-electron chi connectivity index (χ3n) is 4.96. The summed E-state index contributed by atoms with van der Waals surface area (Å²) in [5.41, 5.74) is -0.902. The smallest absolute Gasteiger partial charge is 0.322 e. The topological polar surface area (TPSA) is 95.5 Å². The molecule has 1 aliphatic rings. The highest BCUT2D eigenvalue weighted by molar-refractivity contribution is 6.07. The summed E-state index contributed by atoms with van der Waals surface area (Å²) in [5, 5.41) is 14.4. The number of carboxylic acid groups (broad SMARTS) is 1. The van der Waals surface area contributed by atoms with Crippen molar-refractivity contribution in [1.29, 1.82) is 0 Å². The predicted octanol–water partition coefficient (Wildman–Crippen LogP) is 2.92. The Morgan fingerprint density at radius 2 is 1.87 bits per heavy atom. The van der Waals surface area contributed by atoms with Gasteiger partial charge in [0.25, 0.3) is 5.91 Å². The Balaban J connectivity index is 3.07. The number of urea groups is 1. The van der Waals surface area contributed by atoms with E-state index in [-0.39, 0.29) is 17.7 Å². The molecule has 3 amide bonds. The van der Waals surface area contributed by atoms with Gasteiger partial charge >= 0.3 is 12.0 Å². The minimum atomic E-state index is -0.902. The van der Waals surface area contributed by atoms with Gasteiger partial charge in [0.1, 0.15) is 5.54 Å². The summed E-state index contributed by atoms with van der Waals surface area (Å²) in [6.07, 6.45) is 4.53. The van der Waals surface area contributed by atoms with Crippen LogP contribution in [0, 0.1) is 17.8 Å². The number of rotatable bonds is 10. The number of carboxylic acids is 1. The van der Waals surface area contributed by atoms with Crippen molar-refractivity contribution in [3.63, 3.8) is 0 Å². The maximum Gasteiger partial charge on any atom is 0.322 e. The standard InChI is InChI=1S/C17H30N2O4/c1-5-7-9-17(15(22)18-16(23)19-17)13(8-6-2)11(3)10-12(4)14(20)21/h11-13H,5-10H2,1-4H3,(H,20,21)(H2,18,19,22,23). The first-order valence-corrected chi connectivity index (χ1v) is 8.64. The molecule has 0 radical (unpaired) electrons. The first kappa shape index (κ1) is 19.5. The second-order valence-corrected chi connectivity index (χ2v) is 6.83. The average molecular weight is 326 g/mol. The number of aliphatic carboxylic acids is 1. The molecule has 1 rings (SSSR count). The highest BCUT2D eigenvalue weighted by atomic mass is 16.4. The predicted molar refractivity (Wildman–Crippen MR) is 87.9 cm³/mol. The molecule has 6 nitrogen and oxygen atoms in total. The van der Waals surface area contributed by atoms with E-state index in [2.05, 4.69) is 10.6 Å². The van der Waals surface area contributed by atoms with Crippen molar-refractivity contribution in [2.24, 2.45) is 17.8 Å². The summed E-state index contributed by atoms with van der Waals surface area (Å²) in [6.45, 7) is 7.77. The molecular formula is C17H30N2O4. The first-order chi connectivity index (χ1) is 10.8. The van der Waals surface area contributed by atoms with E-state index in [0.29, 0.717) is 12.8 Å². The minimum Gasteiger partial charge on any atom is -0.481 e. The molecule has 0 aromatic rings. The second kappa shape index (κ2) is 8.31. The van der Waals surface area contributed by atoms with Gasteiger partial charge in [0.15, 0.2) is 0 Å². The van der Waals surface area contributed by atoms with Crippen LogP contribution < -0.4 is 10.6 Å². The molecule has 0 aromatic heterocycles. The van der Waals surface area contributed by atoms with E-state index in [4.69, 9.17) is 5.11 Å². The largest absolute Gasteiger partial charge is 0.481 e. The molecular weight excluding hydrogens is 296 g/mol. The zero-order valence-electron chi connectivity index (χ0n) is 14.6. The van der Waals surface area contributed by atoms with Crippen molar-refractivity contribution < 1.29 is 19.5 Å². The summed E-state index contributed by atoms with van der Waals surface area (Å²) in [5.74, 6) is -1.58. The number of carbonyl (C=O) groups is 3. The molecule has 4 atom stereocenters. The van der Waals surface area contributed by atoms with Gasteiger partial charge in [-0.3, -0.25) is 14.9 Å². The lowest BCUT2D eigenvalue weighted by Crippen LogP contribution is -2.55. The van der Waals surface area contributed by atoms with Gasteiger partial charge in [-0.1, -0.05) is 47.0 Å². The fourth-order valence-corrected chi connectivity index (χ4v) is 3.73. The number of hydrogen-bond donors (Lipinski definition) is 3.